The third kappa shape index (κ3) is 4.65. The molecule has 1 aromatic rings. The number of rotatable bonds is 9. The van der Waals surface area contributed by atoms with E-state index in [0.717, 1.165) is 6.42 Å². The summed E-state index contributed by atoms with van der Waals surface area (Å²) in [7, 11) is 0. The lowest BCUT2D eigenvalue weighted by Gasteiger charge is -2.10. The molecule has 0 saturated heterocycles. The first-order valence-corrected chi connectivity index (χ1v) is 8.06. The van der Waals surface area contributed by atoms with Gasteiger partial charge in [-0.25, -0.2) is 0 Å². The molecule has 0 amide bonds. The zero-order valence-corrected chi connectivity index (χ0v) is 12.2. The van der Waals surface area contributed by atoms with E-state index >= 15 is 0 Å². The van der Waals surface area contributed by atoms with E-state index in [-0.39, 0.29) is 6.10 Å². The number of hydrogen-bond acceptors (Lipinski definition) is 1. The average Bonchev–Trinajstić information content (AvgIpc) is 3.24. The first-order chi connectivity index (χ1) is 9.33. The molecule has 0 aromatic heterocycles. The Hall–Kier alpha value is -0.820. The van der Waals surface area contributed by atoms with Gasteiger partial charge in [-0.1, -0.05) is 75.8 Å². The molecule has 0 bridgehead atoms. The molecule has 1 aromatic carbocycles. The van der Waals surface area contributed by atoms with E-state index in [9.17, 15) is 5.11 Å². The van der Waals surface area contributed by atoms with Crippen molar-refractivity contribution < 1.29 is 5.11 Å². The van der Waals surface area contributed by atoms with Gasteiger partial charge in [0.1, 0.15) is 0 Å². The zero-order valence-electron chi connectivity index (χ0n) is 12.2. The molecule has 1 fully saturated rings. The van der Waals surface area contributed by atoms with Gasteiger partial charge < -0.3 is 5.11 Å². The molecular weight excluding hydrogens is 232 g/mol. The van der Waals surface area contributed by atoms with Crippen LogP contribution >= 0.6 is 0 Å². The van der Waals surface area contributed by atoms with Crippen molar-refractivity contribution in [2.75, 3.05) is 0 Å². The molecule has 0 heterocycles. The minimum atomic E-state index is -0.0728. The smallest absolute Gasteiger partial charge is 0.0574 e. The van der Waals surface area contributed by atoms with Crippen LogP contribution in [0.15, 0.2) is 30.3 Å². The Morgan fingerprint density at radius 3 is 2.47 bits per heavy atom. The monoisotopic (exact) mass is 260 g/mol. The van der Waals surface area contributed by atoms with E-state index in [0.29, 0.717) is 11.8 Å². The second kappa shape index (κ2) is 7.69. The second-order valence-electron chi connectivity index (χ2n) is 6.04. The Kier molecular flexibility index (Phi) is 5.91. The fourth-order valence-corrected chi connectivity index (χ4v) is 3.07. The van der Waals surface area contributed by atoms with E-state index in [4.69, 9.17) is 0 Å². The maximum Gasteiger partial charge on any atom is 0.0574 e. The van der Waals surface area contributed by atoms with Crippen LogP contribution in [0, 0.1) is 5.92 Å². The highest BCUT2D eigenvalue weighted by molar-refractivity contribution is 5.26. The fourth-order valence-electron chi connectivity index (χ4n) is 3.07. The largest absolute Gasteiger partial charge is 0.393 e. The third-order valence-corrected chi connectivity index (χ3v) is 4.42. The lowest BCUT2D eigenvalue weighted by Crippen LogP contribution is -2.10. The molecular formula is C18H28O. The molecule has 0 spiro atoms. The average molecular weight is 260 g/mol. The van der Waals surface area contributed by atoms with Crippen LogP contribution in [0.2, 0.25) is 0 Å². The van der Waals surface area contributed by atoms with E-state index in [2.05, 4.69) is 37.3 Å². The van der Waals surface area contributed by atoms with E-state index in [1.54, 1.807) is 0 Å². The molecule has 1 nitrogen and oxygen atoms in total. The van der Waals surface area contributed by atoms with Gasteiger partial charge in [0.25, 0.3) is 0 Å². The topological polar surface area (TPSA) is 20.2 Å². The fraction of sp³-hybridized carbons (Fsp3) is 0.667. The molecule has 3 atom stereocenters. The molecule has 1 saturated carbocycles. The van der Waals surface area contributed by atoms with Crippen LogP contribution in [0.4, 0.5) is 0 Å². The highest BCUT2D eigenvalue weighted by Crippen LogP contribution is 2.50. The quantitative estimate of drug-likeness (QED) is 0.626. The molecule has 0 aliphatic heterocycles. The van der Waals surface area contributed by atoms with Crippen molar-refractivity contribution in [2.45, 2.75) is 70.3 Å². The van der Waals surface area contributed by atoms with Gasteiger partial charge >= 0.3 is 0 Å². The van der Waals surface area contributed by atoms with E-state index < -0.39 is 0 Å². The number of unbranched alkanes of at least 4 members (excludes halogenated alkanes) is 5. The van der Waals surface area contributed by atoms with Crippen LogP contribution in [0.3, 0.4) is 0 Å². The Labute approximate surface area is 118 Å². The van der Waals surface area contributed by atoms with Crippen LogP contribution < -0.4 is 0 Å². The predicted octanol–water partition coefficient (Wildman–Crippen LogP) is 4.90. The van der Waals surface area contributed by atoms with Gasteiger partial charge in [-0.2, -0.15) is 0 Å². The first-order valence-electron chi connectivity index (χ1n) is 8.06. The van der Waals surface area contributed by atoms with Gasteiger partial charge in [0.2, 0.25) is 0 Å². The zero-order chi connectivity index (χ0) is 13.5. The molecule has 19 heavy (non-hydrogen) atoms. The van der Waals surface area contributed by atoms with Crippen LogP contribution in [0.1, 0.15) is 69.8 Å². The molecule has 1 heteroatoms. The summed E-state index contributed by atoms with van der Waals surface area (Å²) < 4.78 is 0. The Balaban J connectivity index is 1.59. The first kappa shape index (κ1) is 14.6. The van der Waals surface area contributed by atoms with Crippen molar-refractivity contribution in [3.8, 4) is 0 Å². The van der Waals surface area contributed by atoms with Gasteiger partial charge in [-0.3, -0.25) is 0 Å². The number of aliphatic hydroxyl groups is 1. The maximum absolute atomic E-state index is 10.2. The Morgan fingerprint density at radius 2 is 1.74 bits per heavy atom. The number of benzene rings is 1. The van der Waals surface area contributed by atoms with Crippen LogP contribution in [0.5, 0.6) is 0 Å². The summed E-state index contributed by atoms with van der Waals surface area (Å²) in [5, 5.41) is 10.2. The minimum absolute atomic E-state index is 0.0728. The van der Waals surface area contributed by atoms with Crippen molar-refractivity contribution >= 4 is 0 Å². The highest BCUT2D eigenvalue weighted by atomic mass is 16.3. The summed E-state index contributed by atoms with van der Waals surface area (Å²) in [5.74, 6) is 1.15. The lowest BCUT2D eigenvalue weighted by molar-refractivity contribution is 0.135. The molecule has 1 aliphatic rings. The molecule has 106 valence electrons. The Bertz CT molecular complexity index is 346. The standard InChI is InChI=1S/C18H28O/c1-2-3-4-5-6-10-13-18(19)17-14-16(17)15-11-8-7-9-12-15/h7-9,11-12,16-19H,2-6,10,13-14H2,1H3. The summed E-state index contributed by atoms with van der Waals surface area (Å²) in [6.07, 6.45) is 9.97. The summed E-state index contributed by atoms with van der Waals surface area (Å²) in [6, 6.07) is 10.7. The number of aliphatic hydroxyl groups excluding tert-OH is 1. The van der Waals surface area contributed by atoms with Gasteiger partial charge in [-0.05, 0) is 30.2 Å². The summed E-state index contributed by atoms with van der Waals surface area (Å²) in [5.41, 5.74) is 1.41. The molecule has 1 aliphatic carbocycles. The van der Waals surface area contributed by atoms with E-state index in [1.807, 2.05) is 0 Å². The number of hydrogen-bond donors (Lipinski definition) is 1. The normalized spacial score (nSPS) is 23.3. The van der Waals surface area contributed by atoms with Crippen LogP contribution in [-0.2, 0) is 0 Å². The SMILES string of the molecule is CCCCCCCCC(O)C1CC1c1ccccc1. The summed E-state index contributed by atoms with van der Waals surface area (Å²) in [4.78, 5) is 0. The summed E-state index contributed by atoms with van der Waals surface area (Å²) >= 11 is 0. The van der Waals surface area contributed by atoms with Gasteiger partial charge in [0, 0.05) is 0 Å². The molecule has 1 N–H and O–H groups in total. The second-order valence-corrected chi connectivity index (χ2v) is 6.04. The molecule has 3 unspecified atom stereocenters. The minimum Gasteiger partial charge on any atom is -0.393 e. The van der Waals surface area contributed by atoms with Crippen molar-refractivity contribution in [3.63, 3.8) is 0 Å². The lowest BCUT2D eigenvalue weighted by atomic mass is 10.0. The van der Waals surface area contributed by atoms with Crippen molar-refractivity contribution in [1.82, 2.24) is 0 Å². The van der Waals surface area contributed by atoms with Crippen molar-refractivity contribution in [2.24, 2.45) is 5.92 Å². The van der Waals surface area contributed by atoms with Crippen molar-refractivity contribution in [1.29, 1.82) is 0 Å². The van der Waals surface area contributed by atoms with Gasteiger partial charge in [-0.15, -0.1) is 0 Å². The summed E-state index contributed by atoms with van der Waals surface area (Å²) in [6.45, 7) is 2.25. The third-order valence-electron chi connectivity index (χ3n) is 4.42. The maximum atomic E-state index is 10.2. The predicted molar refractivity (Wildman–Crippen MR) is 81.3 cm³/mol. The van der Waals surface area contributed by atoms with Crippen molar-refractivity contribution in [3.05, 3.63) is 35.9 Å². The van der Waals surface area contributed by atoms with E-state index in [1.165, 1.54) is 50.5 Å². The van der Waals surface area contributed by atoms with Crippen LogP contribution in [-0.4, -0.2) is 11.2 Å². The highest BCUT2D eigenvalue weighted by Gasteiger charge is 2.42. The molecule has 0 radical (unpaired) electrons. The van der Waals surface area contributed by atoms with Gasteiger partial charge in [0.05, 0.1) is 6.10 Å². The van der Waals surface area contributed by atoms with Crippen LogP contribution in [0.25, 0.3) is 0 Å². The Morgan fingerprint density at radius 1 is 1.05 bits per heavy atom. The molecule has 2 rings (SSSR count). The van der Waals surface area contributed by atoms with Gasteiger partial charge in [0.15, 0.2) is 0 Å².